The molecule has 2 aromatic heterocycles. The van der Waals surface area contributed by atoms with Gasteiger partial charge in [-0.15, -0.1) is 69.8 Å². The van der Waals surface area contributed by atoms with Gasteiger partial charge >= 0.3 is 6.18 Å². The Morgan fingerprint density at radius 1 is 0.710 bits per heavy atom. The fourth-order valence-electron chi connectivity index (χ4n) is 7.49. The first-order chi connectivity index (χ1) is 28.6. The molecule has 62 heavy (non-hydrogen) atoms. The van der Waals surface area contributed by atoms with Gasteiger partial charge in [-0.25, -0.2) is 0 Å². The van der Waals surface area contributed by atoms with Crippen molar-refractivity contribution >= 4 is 40.6 Å². The van der Waals surface area contributed by atoms with Crippen LogP contribution in [0.15, 0.2) is 97.0 Å². The van der Waals surface area contributed by atoms with Crippen LogP contribution in [0.5, 0.6) is 0 Å². The quantitative estimate of drug-likeness (QED) is 0.0608. The zero-order chi connectivity index (χ0) is 45.2. The zero-order valence-corrected chi connectivity index (χ0v) is 41.8. The zero-order valence-electron chi connectivity index (χ0n) is 38.4. The molecule has 0 spiro atoms. The molecule has 2 heterocycles. The average Bonchev–Trinajstić information content (AvgIpc) is 3.18. The number of carbonyl (C=O) groups is 1. The molecule has 1 radical (unpaired) electrons. The van der Waals surface area contributed by atoms with Gasteiger partial charge in [-0.05, 0) is 75.8 Å². The number of aliphatic hydroxyl groups excluding tert-OH is 1. The molecule has 0 bridgehead atoms. The fraction of sp³-hybridized carbons (Fsp3) is 0.377. The molecule has 1 atom stereocenters. The van der Waals surface area contributed by atoms with Crippen LogP contribution in [0.4, 0.5) is 13.2 Å². The summed E-state index contributed by atoms with van der Waals surface area (Å²) < 4.78 is 36.8. The summed E-state index contributed by atoms with van der Waals surface area (Å²) in [5, 5.41) is 16.0. The molecule has 1 N–H and O–H groups in total. The van der Waals surface area contributed by atoms with Crippen LogP contribution < -0.4 is 5.19 Å². The first-order valence-electron chi connectivity index (χ1n) is 21.4. The molecular formula is C53H63F3IrN2O2Si-2. The van der Waals surface area contributed by atoms with Crippen molar-refractivity contribution < 1.29 is 43.2 Å². The number of rotatable bonds is 11. The summed E-state index contributed by atoms with van der Waals surface area (Å²) in [6.45, 7) is 25.2. The molecule has 0 aliphatic carbocycles. The number of fused-ring (bicyclic) bond motifs is 2. The van der Waals surface area contributed by atoms with Crippen molar-refractivity contribution in [3.05, 3.63) is 137 Å². The third-order valence-corrected chi connectivity index (χ3v) is 13.0. The van der Waals surface area contributed by atoms with Gasteiger partial charge in [0.25, 0.3) is 0 Å². The van der Waals surface area contributed by atoms with E-state index in [1.165, 1.54) is 43.4 Å². The van der Waals surface area contributed by atoms with Crippen LogP contribution in [0.1, 0.15) is 94.0 Å². The van der Waals surface area contributed by atoms with Crippen LogP contribution in [0.2, 0.25) is 19.6 Å². The molecule has 9 heteroatoms. The Balaban J connectivity index is 0.000000248. The van der Waals surface area contributed by atoms with Crippen molar-refractivity contribution in [3.63, 3.8) is 0 Å². The standard InChI is InChI=1S/C20H22NSi.C20H20N.C13H21F3O2.Ir/c1-14-10-15(2)12-17(11-14)20-19-7-6-18(22(3,4)5)13-16(19)8-9-21-20;1-13(2)16-5-6-19-17(12-16)7-8-21-20(19)18-10-14(3)9-15(4)11-18;1-4-9(5-2)11(17)7-12(18)10(6-3)8-13(14,15)16;/h6-11,13H,1-5H3;5-10,12-13H,1-4H3;7,9-10,18H,4-6,8H2,1-3H3;/q2*-1;;/b;;12-7-;. The predicted molar refractivity (Wildman–Crippen MR) is 252 cm³/mol. The van der Waals surface area contributed by atoms with Crippen molar-refractivity contribution in [2.75, 3.05) is 0 Å². The maximum Gasteiger partial charge on any atom is 0.389 e. The van der Waals surface area contributed by atoms with E-state index < -0.39 is 32.3 Å². The molecular weight excluding hydrogens is 974 g/mol. The summed E-state index contributed by atoms with van der Waals surface area (Å²) in [5.41, 5.74) is 10.4. The second kappa shape index (κ2) is 22.8. The van der Waals surface area contributed by atoms with E-state index in [1.54, 1.807) is 6.92 Å². The number of benzene rings is 4. The summed E-state index contributed by atoms with van der Waals surface area (Å²) in [5.74, 6) is -1.46. The summed E-state index contributed by atoms with van der Waals surface area (Å²) in [4.78, 5) is 20.9. The Morgan fingerprint density at radius 2 is 1.18 bits per heavy atom. The maximum absolute atomic E-state index is 12.3. The Morgan fingerprint density at radius 3 is 1.60 bits per heavy atom. The number of hydrogen-bond acceptors (Lipinski definition) is 4. The van der Waals surface area contributed by atoms with Gasteiger partial charge in [0.2, 0.25) is 0 Å². The summed E-state index contributed by atoms with van der Waals surface area (Å²) in [7, 11) is -1.29. The van der Waals surface area contributed by atoms with Crippen LogP contribution in [0.25, 0.3) is 44.1 Å². The second-order valence-electron chi connectivity index (χ2n) is 17.6. The molecule has 4 aromatic carbocycles. The number of alkyl halides is 3. The molecule has 0 fully saturated rings. The van der Waals surface area contributed by atoms with Crippen molar-refractivity contribution in [2.45, 2.75) is 120 Å². The van der Waals surface area contributed by atoms with E-state index in [1.807, 2.05) is 26.2 Å². The molecule has 0 saturated heterocycles. The molecule has 0 saturated carbocycles. The van der Waals surface area contributed by atoms with Crippen LogP contribution in [0, 0.1) is 51.7 Å². The number of aliphatic hydroxyl groups is 1. The summed E-state index contributed by atoms with van der Waals surface area (Å²) in [6, 6.07) is 33.2. The van der Waals surface area contributed by atoms with E-state index in [2.05, 4.69) is 156 Å². The number of aromatic nitrogens is 2. The maximum atomic E-state index is 12.3. The average molecular weight is 1040 g/mol. The Labute approximate surface area is 382 Å². The first-order valence-corrected chi connectivity index (χ1v) is 24.9. The van der Waals surface area contributed by atoms with Crippen molar-refractivity contribution in [1.82, 2.24) is 9.97 Å². The second-order valence-corrected chi connectivity index (χ2v) is 22.6. The van der Waals surface area contributed by atoms with Crippen LogP contribution in [0.3, 0.4) is 0 Å². The summed E-state index contributed by atoms with van der Waals surface area (Å²) >= 11 is 0. The number of ketones is 1. The van der Waals surface area contributed by atoms with Gasteiger partial charge in [-0.2, -0.15) is 13.2 Å². The molecule has 0 aliphatic rings. The van der Waals surface area contributed by atoms with E-state index in [4.69, 9.17) is 0 Å². The van der Waals surface area contributed by atoms with E-state index in [0.29, 0.717) is 18.8 Å². The van der Waals surface area contributed by atoms with Gasteiger partial charge in [0.05, 0.1) is 20.3 Å². The van der Waals surface area contributed by atoms with Gasteiger partial charge in [-0.1, -0.05) is 124 Å². The van der Waals surface area contributed by atoms with Crippen LogP contribution in [-0.2, 0) is 24.9 Å². The van der Waals surface area contributed by atoms with Crippen LogP contribution in [-0.4, -0.2) is 35.1 Å². The van der Waals surface area contributed by atoms with E-state index in [-0.39, 0.29) is 38.2 Å². The Bertz CT molecular complexity index is 2430. The summed E-state index contributed by atoms with van der Waals surface area (Å²) in [6.07, 6.45) is 0.743. The van der Waals surface area contributed by atoms with Gasteiger partial charge in [0.15, 0.2) is 5.78 Å². The number of hydrogen-bond donors (Lipinski definition) is 1. The van der Waals surface area contributed by atoms with E-state index in [9.17, 15) is 23.1 Å². The number of nitrogens with zero attached hydrogens (tertiary/aromatic N) is 2. The predicted octanol–water partition coefficient (Wildman–Crippen LogP) is 14.7. The van der Waals surface area contributed by atoms with Crippen molar-refractivity contribution in [2.24, 2.45) is 11.8 Å². The minimum Gasteiger partial charge on any atom is -0.512 e. The normalized spacial score (nSPS) is 12.4. The first kappa shape index (κ1) is 51.9. The smallest absolute Gasteiger partial charge is 0.389 e. The van der Waals surface area contributed by atoms with Crippen molar-refractivity contribution in [3.8, 4) is 22.5 Å². The van der Waals surface area contributed by atoms with Crippen molar-refractivity contribution in [1.29, 1.82) is 0 Å². The number of carbonyl (C=O) groups excluding carboxylic acids is 1. The molecule has 6 aromatic rings. The number of pyridine rings is 2. The largest absolute Gasteiger partial charge is 0.512 e. The van der Waals surface area contributed by atoms with Gasteiger partial charge < -0.3 is 15.1 Å². The van der Waals surface area contributed by atoms with Crippen LogP contribution >= 0.6 is 0 Å². The molecule has 4 nitrogen and oxygen atoms in total. The van der Waals surface area contributed by atoms with E-state index in [0.717, 1.165) is 39.7 Å². The monoisotopic (exact) mass is 1040 g/mol. The van der Waals surface area contributed by atoms with E-state index >= 15 is 0 Å². The molecule has 0 aliphatic heterocycles. The van der Waals surface area contributed by atoms with Gasteiger partial charge in [0.1, 0.15) is 0 Å². The third-order valence-electron chi connectivity index (χ3n) is 11.0. The minimum absolute atomic E-state index is 0. The Kier molecular flexibility index (Phi) is 19.1. The molecule has 6 rings (SSSR count). The van der Waals surface area contributed by atoms with Gasteiger partial charge in [-0.3, -0.25) is 4.79 Å². The Hall–Kier alpha value is -4.43. The molecule has 0 amide bonds. The topological polar surface area (TPSA) is 63.1 Å². The number of halogens is 3. The molecule has 333 valence electrons. The minimum atomic E-state index is -4.33. The molecule has 1 unspecified atom stereocenters. The van der Waals surface area contributed by atoms with Gasteiger partial charge in [0, 0.05) is 50.4 Å². The third kappa shape index (κ3) is 14.6. The number of allylic oxidation sites excluding steroid dienone is 2. The number of aryl methyl sites for hydroxylation is 4. The SMILES string of the molecule is CCC(CC)C(=O)/C=C(\O)C(CC)CC(F)(F)F.Cc1[c-]c(-c2nccc3cc(C(C)C)ccc23)cc(C)c1.Cc1[c-]c(-c2nccc3cc([Si](C)(C)C)ccc23)cc(C)c1.[Ir]. The fourth-order valence-corrected chi connectivity index (χ4v) is 8.66.